The van der Waals surface area contributed by atoms with Gasteiger partial charge in [-0.15, -0.1) is 0 Å². The van der Waals surface area contributed by atoms with E-state index in [9.17, 15) is 9.59 Å². The lowest BCUT2D eigenvalue weighted by atomic mass is 10.1. The number of hydrogen-bond acceptors (Lipinski definition) is 5. The zero-order valence-electron chi connectivity index (χ0n) is 19.7. The highest BCUT2D eigenvalue weighted by Gasteiger charge is 2.22. The highest BCUT2D eigenvalue weighted by Crippen LogP contribution is 2.18. The number of piperazine rings is 1. The average molecular weight is 452 g/mol. The highest BCUT2D eigenvalue weighted by atomic mass is 16.5. The summed E-state index contributed by atoms with van der Waals surface area (Å²) in [4.78, 5) is 30.9. The van der Waals surface area contributed by atoms with Crippen molar-refractivity contribution in [3.05, 3.63) is 65.7 Å². The largest absolute Gasteiger partial charge is 0.497 e. The molecule has 0 saturated carbocycles. The van der Waals surface area contributed by atoms with Gasteiger partial charge < -0.3 is 19.3 Å². The molecule has 1 saturated heterocycles. The molecule has 2 aromatic carbocycles. The Balaban J connectivity index is 1.46. The monoisotopic (exact) mass is 451 g/mol. The molecule has 0 aliphatic carbocycles. The first-order chi connectivity index (χ1) is 16.0. The van der Waals surface area contributed by atoms with E-state index in [1.807, 2.05) is 58.4 Å². The van der Waals surface area contributed by atoms with Crippen LogP contribution in [0.5, 0.6) is 11.5 Å². The van der Waals surface area contributed by atoms with E-state index in [4.69, 9.17) is 9.47 Å². The first-order valence-electron chi connectivity index (χ1n) is 11.2. The molecule has 0 unspecified atom stereocenters. The molecular weight excluding hydrogens is 418 g/mol. The Morgan fingerprint density at radius 1 is 0.970 bits per heavy atom. The fraction of sp³-hybridized carbons (Fsp3) is 0.385. The van der Waals surface area contributed by atoms with Crippen LogP contribution in [0.2, 0.25) is 0 Å². The summed E-state index contributed by atoms with van der Waals surface area (Å²) >= 11 is 0. The Morgan fingerprint density at radius 2 is 1.67 bits per heavy atom. The maximum Gasteiger partial charge on any atom is 0.253 e. The number of amides is 2. The summed E-state index contributed by atoms with van der Waals surface area (Å²) in [6, 6.07) is 15.0. The summed E-state index contributed by atoms with van der Waals surface area (Å²) in [5, 5.41) is 0. The summed E-state index contributed by atoms with van der Waals surface area (Å²) < 4.78 is 10.5. The molecule has 3 rings (SSSR count). The van der Waals surface area contributed by atoms with Gasteiger partial charge in [-0.05, 0) is 30.3 Å². The third-order valence-corrected chi connectivity index (χ3v) is 5.89. The van der Waals surface area contributed by atoms with Crippen LogP contribution in [0.15, 0.2) is 54.6 Å². The van der Waals surface area contributed by atoms with E-state index in [0.717, 1.165) is 36.7 Å². The predicted molar refractivity (Wildman–Crippen MR) is 130 cm³/mol. The van der Waals surface area contributed by atoms with Crippen molar-refractivity contribution in [1.82, 2.24) is 14.7 Å². The Kier molecular flexibility index (Phi) is 8.89. The van der Waals surface area contributed by atoms with Gasteiger partial charge in [0.15, 0.2) is 0 Å². The number of methoxy groups -OCH3 is 2. The van der Waals surface area contributed by atoms with Gasteiger partial charge in [-0.3, -0.25) is 14.5 Å². The molecule has 1 fully saturated rings. The quantitative estimate of drug-likeness (QED) is 0.587. The molecule has 33 heavy (non-hydrogen) atoms. The van der Waals surface area contributed by atoms with Gasteiger partial charge in [-0.25, -0.2) is 0 Å². The number of ether oxygens (including phenoxy) is 2. The summed E-state index contributed by atoms with van der Waals surface area (Å²) in [5.74, 6) is 1.64. The molecule has 1 aliphatic heterocycles. The molecule has 1 aliphatic rings. The summed E-state index contributed by atoms with van der Waals surface area (Å²) in [6.07, 6.45) is 3.98. The highest BCUT2D eigenvalue weighted by molar-refractivity contribution is 5.94. The molecule has 176 valence electrons. The van der Waals surface area contributed by atoms with Gasteiger partial charge in [-0.2, -0.15) is 0 Å². The van der Waals surface area contributed by atoms with Crippen molar-refractivity contribution in [2.45, 2.75) is 6.92 Å². The molecule has 1 heterocycles. The van der Waals surface area contributed by atoms with Crippen LogP contribution >= 0.6 is 0 Å². The first kappa shape index (κ1) is 24.3. The van der Waals surface area contributed by atoms with Crippen molar-refractivity contribution < 1.29 is 19.1 Å². The Morgan fingerprint density at radius 3 is 2.30 bits per heavy atom. The van der Waals surface area contributed by atoms with E-state index in [1.54, 1.807) is 33.3 Å². The van der Waals surface area contributed by atoms with Gasteiger partial charge >= 0.3 is 0 Å². The number of rotatable bonds is 9. The van der Waals surface area contributed by atoms with Crippen molar-refractivity contribution in [2.75, 3.05) is 60.0 Å². The molecule has 0 atom stereocenters. The molecule has 0 bridgehead atoms. The van der Waals surface area contributed by atoms with E-state index in [1.165, 1.54) is 0 Å². The van der Waals surface area contributed by atoms with Gasteiger partial charge in [0.05, 0.1) is 14.2 Å². The second-order valence-electron chi connectivity index (χ2n) is 7.97. The summed E-state index contributed by atoms with van der Waals surface area (Å²) in [7, 11) is 3.26. The third-order valence-electron chi connectivity index (χ3n) is 5.89. The van der Waals surface area contributed by atoms with Crippen LogP contribution in [-0.2, 0) is 4.79 Å². The number of carbonyl (C=O) groups excluding carboxylic acids is 2. The standard InChI is InChI=1S/C26H33N3O4/c1-21(30)28(14-6-8-22-7-4-5-9-25(22)33-3)18-15-27-16-19-29(20-17-27)26(31)23-10-12-24(32-2)13-11-23/h4-13H,14-20H2,1-3H3/b8-6+. The molecule has 0 aromatic heterocycles. The van der Waals surface area contributed by atoms with Gasteiger partial charge in [0, 0.05) is 63.9 Å². The second-order valence-corrected chi connectivity index (χ2v) is 7.97. The second kappa shape index (κ2) is 12.1. The van der Waals surface area contributed by atoms with Crippen LogP contribution in [0.1, 0.15) is 22.8 Å². The minimum atomic E-state index is 0.0455. The lowest BCUT2D eigenvalue weighted by molar-refractivity contribution is -0.128. The smallest absolute Gasteiger partial charge is 0.253 e. The third kappa shape index (κ3) is 6.83. The summed E-state index contributed by atoms with van der Waals surface area (Å²) in [6.45, 7) is 6.53. The van der Waals surface area contributed by atoms with Gasteiger partial charge in [0.1, 0.15) is 11.5 Å². The van der Waals surface area contributed by atoms with Crippen molar-refractivity contribution in [1.29, 1.82) is 0 Å². The minimum Gasteiger partial charge on any atom is -0.497 e. The van der Waals surface area contributed by atoms with Crippen LogP contribution in [0, 0.1) is 0 Å². The van der Waals surface area contributed by atoms with Crippen molar-refractivity contribution in [3.8, 4) is 11.5 Å². The molecule has 2 aromatic rings. The minimum absolute atomic E-state index is 0.0455. The maximum atomic E-state index is 12.7. The Bertz CT molecular complexity index is 950. The van der Waals surface area contributed by atoms with Crippen LogP contribution in [0.4, 0.5) is 0 Å². The van der Waals surface area contributed by atoms with Crippen molar-refractivity contribution >= 4 is 17.9 Å². The normalized spacial score (nSPS) is 14.3. The molecule has 2 amide bonds. The van der Waals surface area contributed by atoms with Gasteiger partial charge in [-0.1, -0.05) is 30.4 Å². The topological polar surface area (TPSA) is 62.3 Å². The Labute approximate surface area is 196 Å². The zero-order chi connectivity index (χ0) is 23.6. The van der Waals surface area contributed by atoms with Gasteiger partial charge in [0.25, 0.3) is 5.91 Å². The maximum absolute atomic E-state index is 12.7. The van der Waals surface area contributed by atoms with E-state index in [2.05, 4.69) is 4.90 Å². The molecule has 7 heteroatoms. The van der Waals surface area contributed by atoms with E-state index < -0.39 is 0 Å². The van der Waals surface area contributed by atoms with E-state index >= 15 is 0 Å². The SMILES string of the molecule is COc1ccc(C(=O)N2CCN(CCN(C/C=C/c3ccccc3OC)C(C)=O)CC2)cc1. The van der Waals surface area contributed by atoms with Crippen LogP contribution in [0.25, 0.3) is 6.08 Å². The number of nitrogens with zero attached hydrogens (tertiary/aromatic N) is 3. The van der Waals surface area contributed by atoms with Crippen LogP contribution < -0.4 is 9.47 Å². The van der Waals surface area contributed by atoms with Crippen LogP contribution in [0.3, 0.4) is 0 Å². The Hall–Kier alpha value is -3.32. The summed E-state index contributed by atoms with van der Waals surface area (Å²) in [5.41, 5.74) is 1.66. The van der Waals surface area contributed by atoms with E-state index in [-0.39, 0.29) is 11.8 Å². The fourth-order valence-electron chi connectivity index (χ4n) is 3.84. The molecule has 7 nitrogen and oxygen atoms in total. The lowest BCUT2D eigenvalue weighted by Gasteiger charge is -2.35. The number of hydrogen-bond donors (Lipinski definition) is 0. The lowest BCUT2D eigenvalue weighted by Crippen LogP contribution is -2.50. The molecule has 0 spiro atoms. The predicted octanol–water partition coefficient (Wildman–Crippen LogP) is 3.02. The van der Waals surface area contributed by atoms with Gasteiger partial charge in [0.2, 0.25) is 5.91 Å². The molecular formula is C26H33N3O4. The molecule has 0 N–H and O–H groups in total. The number of carbonyl (C=O) groups is 2. The molecule has 0 radical (unpaired) electrons. The average Bonchev–Trinajstić information content (AvgIpc) is 2.86. The first-order valence-corrected chi connectivity index (χ1v) is 11.2. The van der Waals surface area contributed by atoms with Crippen molar-refractivity contribution in [3.63, 3.8) is 0 Å². The fourth-order valence-corrected chi connectivity index (χ4v) is 3.84. The zero-order valence-corrected chi connectivity index (χ0v) is 19.7. The number of para-hydroxylation sites is 1. The van der Waals surface area contributed by atoms with E-state index in [0.29, 0.717) is 31.7 Å². The number of benzene rings is 2. The van der Waals surface area contributed by atoms with Crippen molar-refractivity contribution in [2.24, 2.45) is 0 Å². The van der Waals surface area contributed by atoms with Crippen LogP contribution in [-0.4, -0.2) is 86.5 Å².